The molecule has 0 aliphatic carbocycles. The fourth-order valence-corrected chi connectivity index (χ4v) is 5.89. The van der Waals surface area contributed by atoms with Crippen LogP contribution in [0.2, 0.25) is 0 Å². The standard InChI is InChI=1S/C27H34N4O2/c1-19-7-6-8-20(15-19)18-31-24-13-14-30(23(24)9-4-5-10-26(31)32)17-21-11-12-22-25(16-21)29(3)27(33)28(22)2/h6-8,11-12,15-16,23-24H,4-5,9-10,13-14,17-18H2,1-3H3/t23-,24+/m1/s1. The van der Waals surface area contributed by atoms with Gasteiger partial charge in [0.2, 0.25) is 5.91 Å². The van der Waals surface area contributed by atoms with Crippen molar-refractivity contribution in [1.82, 2.24) is 18.9 Å². The highest BCUT2D eigenvalue weighted by Gasteiger charge is 2.40. The van der Waals surface area contributed by atoms with Crippen molar-refractivity contribution in [3.8, 4) is 0 Å². The van der Waals surface area contributed by atoms with Crippen LogP contribution < -0.4 is 5.69 Å². The summed E-state index contributed by atoms with van der Waals surface area (Å²) < 4.78 is 3.43. The number of benzene rings is 2. The Balaban J connectivity index is 1.39. The average Bonchev–Trinajstić information content (AvgIpc) is 3.27. The fourth-order valence-electron chi connectivity index (χ4n) is 5.89. The van der Waals surface area contributed by atoms with Crippen LogP contribution >= 0.6 is 0 Å². The maximum Gasteiger partial charge on any atom is 0.328 e. The summed E-state index contributed by atoms with van der Waals surface area (Å²) in [6.07, 6.45) is 4.89. The topological polar surface area (TPSA) is 50.5 Å². The molecule has 5 rings (SSSR count). The molecule has 0 N–H and O–H groups in total. The lowest BCUT2D eigenvalue weighted by atomic mass is 9.96. The largest absolute Gasteiger partial charge is 0.334 e. The van der Waals surface area contributed by atoms with Crippen LogP contribution in [0, 0.1) is 6.92 Å². The third-order valence-corrected chi connectivity index (χ3v) is 7.64. The van der Waals surface area contributed by atoms with Gasteiger partial charge in [-0.2, -0.15) is 0 Å². The van der Waals surface area contributed by atoms with Gasteiger partial charge in [0.15, 0.2) is 0 Å². The van der Waals surface area contributed by atoms with E-state index in [1.165, 1.54) is 16.7 Å². The minimum Gasteiger partial charge on any atom is -0.334 e. The van der Waals surface area contributed by atoms with Crippen LogP contribution in [0.5, 0.6) is 0 Å². The van der Waals surface area contributed by atoms with E-state index in [1.54, 1.807) is 9.13 Å². The number of imidazole rings is 1. The van der Waals surface area contributed by atoms with Crippen molar-refractivity contribution in [2.45, 2.75) is 64.2 Å². The Morgan fingerprint density at radius 3 is 2.45 bits per heavy atom. The van der Waals surface area contributed by atoms with Crippen molar-refractivity contribution in [2.24, 2.45) is 14.1 Å². The van der Waals surface area contributed by atoms with Crippen molar-refractivity contribution in [2.75, 3.05) is 6.54 Å². The zero-order chi connectivity index (χ0) is 23.1. The van der Waals surface area contributed by atoms with Gasteiger partial charge in [-0.05, 0) is 49.4 Å². The van der Waals surface area contributed by atoms with E-state index in [0.717, 1.165) is 49.8 Å². The first-order chi connectivity index (χ1) is 15.9. The van der Waals surface area contributed by atoms with Crippen LogP contribution in [0.25, 0.3) is 11.0 Å². The summed E-state index contributed by atoms with van der Waals surface area (Å²) in [6, 6.07) is 15.6. The van der Waals surface area contributed by atoms with Crippen molar-refractivity contribution in [3.05, 3.63) is 69.6 Å². The molecule has 2 atom stereocenters. The van der Waals surface area contributed by atoms with Crippen molar-refractivity contribution in [1.29, 1.82) is 0 Å². The summed E-state index contributed by atoms with van der Waals surface area (Å²) in [5, 5.41) is 0. The summed E-state index contributed by atoms with van der Waals surface area (Å²) in [7, 11) is 3.66. The van der Waals surface area contributed by atoms with Gasteiger partial charge < -0.3 is 4.90 Å². The van der Waals surface area contributed by atoms with Crippen LogP contribution in [0.15, 0.2) is 47.3 Å². The molecule has 2 aromatic carbocycles. The molecule has 2 aliphatic heterocycles. The van der Waals surface area contributed by atoms with Gasteiger partial charge in [0, 0.05) is 52.2 Å². The van der Waals surface area contributed by atoms with Crippen LogP contribution in [-0.4, -0.2) is 43.5 Å². The lowest BCUT2D eigenvalue weighted by Crippen LogP contribution is -2.48. The molecule has 3 heterocycles. The number of likely N-dealkylation sites (tertiary alicyclic amines) is 2. The first-order valence-corrected chi connectivity index (χ1v) is 12.2. The van der Waals surface area contributed by atoms with Crippen LogP contribution in [-0.2, 0) is 32.0 Å². The van der Waals surface area contributed by atoms with E-state index in [0.29, 0.717) is 24.9 Å². The van der Waals surface area contributed by atoms with E-state index < -0.39 is 0 Å². The Labute approximate surface area is 195 Å². The van der Waals surface area contributed by atoms with E-state index in [2.05, 4.69) is 59.2 Å². The quantitative estimate of drug-likeness (QED) is 0.614. The number of hydrogen-bond acceptors (Lipinski definition) is 3. The van der Waals surface area contributed by atoms with Gasteiger partial charge in [-0.3, -0.25) is 18.8 Å². The number of nitrogens with zero attached hydrogens (tertiary/aromatic N) is 4. The Kier molecular flexibility index (Phi) is 5.87. The summed E-state index contributed by atoms with van der Waals surface area (Å²) in [5.41, 5.74) is 5.63. The highest BCUT2D eigenvalue weighted by atomic mass is 16.2. The molecule has 2 saturated heterocycles. The van der Waals surface area contributed by atoms with E-state index in [1.807, 2.05) is 14.1 Å². The van der Waals surface area contributed by atoms with Gasteiger partial charge in [0.25, 0.3) is 0 Å². The molecule has 6 heteroatoms. The van der Waals surface area contributed by atoms with E-state index in [-0.39, 0.29) is 11.7 Å². The second-order valence-corrected chi connectivity index (χ2v) is 9.87. The number of aromatic nitrogens is 2. The number of amides is 1. The van der Waals surface area contributed by atoms with Crippen molar-refractivity contribution >= 4 is 16.9 Å². The second-order valence-electron chi connectivity index (χ2n) is 9.87. The first-order valence-electron chi connectivity index (χ1n) is 12.2. The zero-order valence-electron chi connectivity index (χ0n) is 20.0. The molecule has 0 unspecified atom stereocenters. The minimum atomic E-state index is 0.00806. The van der Waals surface area contributed by atoms with Gasteiger partial charge >= 0.3 is 5.69 Å². The SMILES string of the molecule is Cc1cccc(CN2C(=O)CCCC[C@@H]3[C@@H]2CCN3Cc2ccc3c(c2)n(C)c(=O)n3C)c1. The summed E-state index contributed by atoms with van der Waals surface area (Å²) in [5.74, 6) is 0.300. The number of rotatable bonds is 4. The molecule has 1 amide bonds. The smallest absolute Gasteiger partial charge is 0.328 e. The second kappa shape index (κ2) is 8.82. The maximum absolute atomic E-state index is 13.2. The predicted molar refractivity (Wildman–Crippen MR) is 131 cm³/mol. The van der Waals surface area contributed by atoms with E-state index in [4.69, 9.17) is 0 Å². The van der Waals surface area contributed by atoms with Gasteiger partial charge in [0.1, 0.15) is 0 Å². The molecule has 1 aromatic heterocycles. The predicted octanol–water partition coefficient (Wildman–Crippen LogP) is 3.73. The normalized spacial score (nSPS) is 21.9. The molecule has 174 valence electrons. The summed E-state index contributed by atoms with van der Waals surface area (Å²) >= 11 is 0. The summed E-state index contributed by atoms with van der Waals surface area (Å²) in [4.78, 5) is 30.2. The molecule has 2 fully saturated rings. The highest BCUT2D eigenvalue weighted by Crippen LogP contribution is 2.32. The maximum atomic E-state index is 13.2. The van der Waals surface area contributed by atoms with Gasteiger partial charge in [-0.15, -0.1) is 0 Å². The third-order valence-electron chi connectivity index (χ3n) is 7.64. The van der Waals surface area contributed by atoms with Crippen LogP contribution in [0.4, 0.5) is 0 Å². The number of carbonyl (C=O) groups excluding carboxylic acids is 1. The Morgan fingerprint density at radius 1 is 0.848 bits per heavy atom. The molecular formula is C27H34N4O2. The number of carbonyl (C=O) groups is 1. The number of fused-ring (bicyclic) bond motifs is 2. The fraction of sp³-hybridized carbons (Fsp3) is 0.481. The first kappa shape index (κ1) is 22.0. The average molecular weight is 447 g/mol. The Hall–Kier alpha value is -2.86. The molecule has 6 nitrogen and oxygen atoms in total. The van der Waals surface area contributed by atoms with E-state index in [9.17, 15) is 9.59 Å². The van der Waals surface area contributed by atoms with E-state index >= 15 is 0 Å². The zero-order valence-corrected chi connectivity index (χ0v) is 20.0. The summed E-state index contributed by atoms with van der Waals surface area (Å²) in [6.45, 7) is 4.66. The Bertz CT molecular complexity index is 1240. The highest BCUT2D eigenvalue weighted by molar-refractivity contribution is 5.77. The van der Waals surface area contributed by atoms with Crippen molar-refractivity contribution in [3.63, 3.8) is 0 Å². The molecule has 0 radical (unpaired) electrons. The molecule has 3 aromatic rings. The minimum absolute atomic E-state index is 0.00806. The molecule has 2 aliphatic rings. The molecule has 0 spiro atoms. The number of hydrogen-bond donors (Lipinski definition) is 0. The number of aryl methyl sites for hydroxylation is 3. The lowest BCUT2D eigenvalue weighted by molar-refractivity contribution is -0.135. The Morgan fingerprint density at radius 2 is 1.64 bits per heavy atom. The van der Waals surface area contributed by atoms with Gasteiger partial charge in [-0.1, -0.05) is 42.3 Å². The molecule has 0 bridgehead atoms. The van der Waals surface area contributed by atoms with Gasteiger partial charge in [0.05, 0.1) is 11.0 Å². The van der Waals surface area contributed by atoms with Crippen molar-refractivity contribution < 1.29 is 4.79 Å². The molecule has 33 heavy (non-hydrogen) atoms. The van der Waals surface area contributed by atoms with Gasteiger partial charge in [-0.25, -0.2) is 4.79 Å². The molecule has 0 saturated carbocycles. The van der Waals surface area contributed by atoms with Crippen LogP contribution in [0.1, 0.15) is 48.8 Å². The lowest BCUT2D eigenvalue weighted by Gasteiger charge is -2.37. The third kappa shape index (κ3) is 4.12. The molecular weight excluding hydrogens is 412 g/mol. The van der Waals surface area contributed by atoms with Crippen LogP contribution in [0.3, 0.4) is 0 Å². The monoisotopic (exact) mass is 446 g/mol.